The van der Waals surface area contributed by atoms with Crippen LogP contribution >= 0.6 is 0 Å². The highest BCUT2D eigenvalue weighted by Crippen LogP contribution is 2.29. The first kappa shape index (κ1) is 13.9. The third-order valence-corrected chi connectivity index (χ3v) is 5.23. The predicted molar refractivity (Wildman–Crippen MR) is 90.2 cm³/mol. The number of nitrogens with zero attached hydrogens (tertiary/aromatic N) is 3. The summed E-state index contributed by atoms with van der Waals surface area (Å²) in [4.78, 5) is 12.0. The lowest BCUT2D eigenvalue weighted by Gasteiger charge is -2.36. The fraction of sp³-hybridized carbons (Fsp3) is 0.556. The number of rotatable bonds is 2. The van der Waals surface area contributed by atoms with Crippen molar-refractivity contribution in [1.29, 1.82) is 0 Å². The molecule has 2 aromatic rings. The van der Waals surface area contributed by atoms with Crippen molar-refractivity contribution in [3.8, 4) is 0 Å². The van der Waals surface area contributed by atoms with Crippen LogP contribution in [0.2, 0.25) is 0 Å². The van der Waals surface area contributed by atoms with Crippen LogP contribution in [0.4, 0.5) is 5.82 Å². The summed E-state index contributed by atoms with van der Waals surface area (Å²) in [7, 11) is 0. The highest BCUT2D eigenvalue weighted by molar-refractivity contribution is 5.76. The van der Waals surface area contributed by atoms with Crippen molar-refractivity contribution >= 4 is 16.9 Å². The van der Waals surface area contributed by atoms with Crippen molar-refractivity contribution in [3.63, 3.8) is 0 Å². The zero-order valence-electron chi connectivity index (χ0n) is 13.3. The molecule has 4 heteroatoms. The standard InChI is InChI=1S/C18H24N4/c1-13-18(21-17-6-3-2-5-16(17)20-13)22-11-8-14(9-12-22)15-7-4-10-19-15/h2-3,5-6,14-15,19H,4,7-12H2,1H3. The fourth-order valence-electron chi connectivity index (χ4n) is 4.01. The number of hydrogen-bond acceptors (Lipinski definition) is 4. The van der Waals surface area contributed by atoms with Crippen LogP contribution in [0, 0.1) is 12.8 Å². The first-order valence-electron chi connectivity index (χ1n) is 8.53. The molecule has 0 saturated carbocycles. The van der Waals surface area contributed by atoms with E-state index < -0.39 is 0 Å². The van der Waals surface area contributed by atoms with E-state index in [4.69, 9.17) is 9.97 Å². The van der Waals surface area contributed by atoms with Crippen molar-refractivity contribution < 1.29 is 0 Å². The molecule has 2 fully saturated rings. The van der Waals surface area contributed by atoms with Gasteiger partial charge in [0.15, 0.2) is 5.82 Å². The van der Waals surface area contributed by atoms with Gasteiger partial charge in [0.25, 0.3) is 0 Å². The molecule has 1 aromatic heterocycles. The summed E-state index contributed by atoms with van der Waals surface area (Å²) in [5.74, 6) is 1.92. The number of nitrogens with one attached hydrogen (secondary N) is 1. The molecule has 0 amide bonds. The summed E-state index contributed by atoms with van der Waals surface area (Å²) in [6, 6.07) is 8.91. The maximum absolute atomic E-state index is 4.87. The molecular formula is C18H24N4. The Morgan fingerprint density at radius 3 is 2.45 bits per heavy atom. The molecule has 1 unspecified atom stereocenters. The van der Waals surface area contributed by atoms with E-state index in [1.165, 1.54) is 32.2 Å². The summed E-state index contributed by atoms with van der Waals surface area (Å²) in [5, 5.41) is 3.67. The number of piperidine rings is 1. The molecular weight excluding hydrogens is 272 g/mol. The summed E-state index contributed by atoms with van der Waals surface area (Å²) >= 11 is 0. The third-order valence-electron chi connectivity index (χ3n) is 5.23. The van der Waals surface area contributed by atoms with Crippen LogP contribution in [0.15, 0.2) is 24.3 Å². The van der Waals surface area contributed by atoms with Gasteiger partial charge in [0.2, 0.25) is 0 Å². The van der Waals surface area contributed by atoms with Gasteiger partial charge in [-0.1, -0.05) is 12.1 Å². The molecule has 3 heterocycles. The Hall–Kier alpha value is -1.68. The Bertz CT molecular complexity index is 655. The molecule has 116 valence electrons. The van der Waals surface area contributed by atoms with Crippen LogP contribution < -0.4 is 10.2 Å². The van der Waals surface area contributed by atoms with E-state index in [9.17, 15) is 0 Å². The molecule has 0 aliphatic carbocycles. The first-order valence-corrected chi connectivity index (χ1v) is 8.53. The second-order valence-electron chi connectivity index (χ2n) is 6.65. The fourth-order valence-corrected chi connectivity index (χ4v) is 4.01. The minimum Gasteiger partial charge on any atom is -0.355 e. The molecule has 1 N–H and O–H groups in total. The second-order valence-corrected chi connectivity index (χ2v) is 6.65. The number of aryl methyl sites for hydroxylation is 1. The van der Waals surface area contributed by atoms with Crippen LogP contribution in [0.1, 0.15) is 31.4 Å². The second kappa shape index (κ2) is 5.84. The van der Waals surface area contributed by atoms with Gasteiger partial charge in [-0.3, -0.25) is 0 Å². The maximum Gasteiger partial charge on any atom is 0.150 e. The quantitative estimate of drug-likeness (QED) is 0.925. The van der Waals surface area contributed by atoms with Gasteiger partial charge >= 0.3 is 0 Å². The Labute approximate surface area is 131 Å². The van der Waals surface area contributed by atoms with Gasteiger partial charge in [-0.05, 0) is 57.2 Å². The van der Waals surface area contributed by atoms with Crippen molar-refractivity contribution in [3.05, 3.63) is 30.0 Å². The van der Waals surface area contributed by atoms with E-state index >= 15 is 0 Å². The molecule has 1 atom stereocenters. The number of benzene rings is 1. The van der Waals surface area contributed by atoms with Crippen molar-refractivity contribution in [1.82, 2.24) is 15.3 Å². The molecule has 0 radical (unpaired) electrons. The van der Waals surface area contributed by atoms with Crippen LogP contribution in [0.25, 0.3) is 11.0 Å². The SMILES string of the molecule is Cc1nc2ccccc2nc1N1CCC(C2CCCN2)CC1. The molecule has 4 rings (SSSR count). The van der Waals surface area contributed by atoms with Crippen LogP contribution in [-0.4, -0.2) is 35.6 Å². The largest absolute Gasteiger partial charge is 0.355 e. The van der Waals surface area contributed by atoms with Gasteiger partial charge in [-0.25, -0.2) is 9.97 Å². The van der Waals surface area contributed by atoms with E-state index in [2.05, 4.69) is 23.2 Å². The normalized spacial score (nSPS) is 23.3. The summed E-state index contributed by atoms with van der Waals surface area (Å²) < 4.78 is 0. The van der Waals surface area contributed by atoms with Gasteiger partial charge in [0, 0.05) is 19.1 Å². The summed E-state index contributed by atoms with van der Waals surface area (Å²) in [5.41, 5.74) is 3.05. The van der Waals surface area contributed by atoms with Gasteiger partial charge in [-0.15, -0.1) is 0 Å². The van der Waals surface area contributed by atoms with Gasteiger partial charge < -0.3 is 10.2 Å². The van der Waals surface area contributed by atoms with Crippen LogP contribution in [0.3, 0.4) is 0 Å². The molecule has 1 aromatic carbocycles. The van der Waals surface area contributed by atoms with E-state index in [1.54, 1.807) is 0 Å². The lowest BCUT2D eigenvalue weighted by atomic mass is 9.88. The maximum atomic E-state index is 4.87. The molecule has 2 aliphatic rings. The Balaban J connectivity index is 1.52. The van der Waals surface area contributed by atoms with Crippen LogP contribution in [0.5, 0.6) is 0 Å². The molecule has 4 nitrogen and oxygen atoms in total. The van der Waals surface area contributed by atoms with E-state index in [0.717, 1.165) is 47.6 Å². The number of hydrogen-bond donors (Lipinski definition) is 1. The van der Waals surface area contributed by atoms with E-state index in [-0.39, 0.29) is 0 Å². The molecule has 0 bridgehead atoms. The molecule has 2 saturated heterocycles. The summed E-state index contributed by atoms with van der Waals surface area (Å²) in [6.45, 7) is 5.51. The lowest BCUT2D eigenvalue weighted by Crippen LogP contribution is -2.41. The predicted octanol–water partition coefficient (Wildman–Crippen LogP) is 2.91. The molecule has 22 heavy (non-hydrogen) atoms. The monoisotopic (exact) mass is 296 g/mol. The highest BCUT2D eigenvalue weighted by Gasteiger charge is 2.29. The smallest absolute Gasteiger partial charge is 0.150 e. The van der Waals surface area contributed by atoms with Crippen molar-refractivity contribution in [2.75, 3.05) is 24.5 Å². The molecule has 2 aliphatic heterocycles. The van der Waals surface area contributed by atoms with Gasteiger partial charge in [0.05, 0.1) is 16.7 Å². The van der Waals surface area contributed by atoms with Crippen molar-refractivity contribution in [2.45, 2.75) is 38.6 Å². The average Bonchev–Trinajstić information content (AvgIpc) is 3.09. The van der Waals surface area contributed by atoms with E-state index in [1.807, 2.05) is 18.2 Å². The number of anilines is 1. The van der Waals surface area contributed by atoms with Crippen molar-refractivity contribution in [2.24, 2.45) is 5.92 Å². The van der Waals surface area contributed by atoms with Gasteiger partial charge in [-0.2, -0.15) is 0 Å². The van der Waals surface area contributed by atoms with E-state index in [0.29, 0.717) is 0 Å². The highest BCUT2D eigenvalue weighted by atomic mass is 15.2. The molecule has 0 spiro atoms. The number of para-hydroxylation sites is 2. The first-order chi connectivity index (χ1) is 10.8. The topological polar surface area (TPSA) is 41.1 Å². The minimum absolute atomic E-state index is 0.755. The number of aromatic nitrogens is 2. The average molecular weight is 296 g/mol. The Morgan fingerprint density at radius 1 is 1.05 bits per heavy atom. The third kappa shape index (κ3) is 2.56. The lowest BCUT2D eigenvalue weighted by molar-refractivity contribution is 0.318. The van der Waals surface area contributed by atoms with Crippen LogP contribution in [-0.2, 0) is 0 Å². The number of fused-ring (bicyclic) bond motifs is 1. The zero-order valence-corrected chi connectivity index (χ0v) is 13.3. The Kier molecular flexibility index (Phi) is 3.70. The summed E-state index contributed by atoms with van der Waals surface area (Å²) in [6.07, 6.45) is 5.25. The van der Waals surface area contributed by atoms with Gasteiger partial charge in [0.1, 0.15) is 0 Å². The zero-order chi connectivity index (χ0) is 14.9. The minimum atomic E-state index is 0.755. The Morgan fingerprint density at radius 2 is 1.77 bits per heavy atom.